The van der Waals surface area contributed by atoms with Gasteiger partial charge in [0.15, 0.2) is 0 Å². The first-order valence-electron chi connectivity index (χ1n) is 9.14. The lowest BCUT2D eigenvalue weighted by Crippen LogP contribution is -2.50. The highest BCUT2D eigenvalue weighted by Crippen LogP contribution is 2.35. The Balaban J connectivity index is 1.46. The van der Waals surface area contributed by atoms with Crippen LogP contribution in [0, 0.1) is 5.92 Å². The van der Waals surface area contributed by atoms with Gasteiger partial charge in [-0.15, -0.1) is 0 Å². The van der Waals surface area contributed by atoms with E-state index in [0.717, 1.165) is 5.56 Å². The molecule has 1 aromatic heterocycles. The SMILES string of the molecule is CC1C(CO)OC(c2ccc(OCc3cccc4nonc34)cc2)C(O)C1O. The van der Waals surface area contributed by atoms with Gasteiger partial charge in [0.1, 0.15) is 35.6 Å². The molecule has 3 N–H and O–H groups in total. The molecule has 0 spiro atoms. The molecule has 0 aliphatic carbocycles. The summed E-state index contributed by atoms with van der Waals surface area (Å²) < 4.78 is 16.4. The van der Waals surface area contributed by atoms with E-state index in [2.05, 4.69) is 10.3 Å². The van der Waals surface area contributed by atoms with Gasteiger partial charge >= 0.3 is 0 Å². The number of aliphatic hydroxyl groups excluding tert-OH is 3. The van der Waals surface area contributed by atoms with Crippen molar-refractivity contribution in [1.29, 1.82) is 0 Å². The van der Waals surface area contributed by atoms with Gasteiger partial charge in [0.05, 0.1) is 18.8 Å². The highest BCUT2D eigenvalue weighted by molar-refractivity contribution is 5.76. The topological polar surface area (TPSA) is 118 Å². The van der Waals surface area contributed by atoms with Gasteiger partial charge in [-0.2, -0.15) is 0 Å². The van der Waals surface area contributed by atoms with Crippen molar-refractivity contribution in [2.24, 2.45) is 5.92 Å². The Bertz CT molecular complexity index is 926. The lowest BCUT2D eigenvalue weighted by Gasteiger charge is -2.41. The molecule has 0 bridgehead atoms. The van der Waals surface area contributed by atoms with Crippen LogP contribution in [0.1, 0.15) is 24.2 Å². The molecule has 0 radical (unpaired) electrons. The van der Waals surface area contributed by atoms with Crippen molar-refractivity contribution >= 4 is 11.0 Å². The molecule has 3 aromatic rings. The van der Waals surface area contributed by atoms with Crippen molar-refractivity contribution in [2.45, 2.75) is 37.9 Å². The van der Waals surface area contributed by atoms with Gasteiger partial charge in [-0.05, 0) is 34.1 Å². The predicted molar refractivity (Wildman–Crippen MR) is 98.5 cm³/mol. The maximum atomic E-state index is 10.4. The van der Waals surface area contributed by atoms with E-state index in [4.69, 9.17) is 14.1 Å². The lowest BCUT2D eigenvalue weighted by atomic mass is 9.86. The molecule has 28 heavy (non-hydrogen) atoms. The third kappa shape index (κ3) is 3.47. The number of fused-ring (bicyclic) bond motifs is 1. The van der Waals surface area contributed by atoms with Crippen LogP contribution in [0.4, 0.5) is 0 Å². The molecule has 1 aliphatic heterocycles. The van der Waals surface area contributed by atoms with Crippen LogP contribution >= 0.6 is 0 Å². The van der Waals surface area contributed by atoms with Gasteiger partial charge in [0.2, 0.25) is 0 Å². The van der Waals surface area contributed by atoms with E-state index in [0.29, 0.717) is 29.0 Å². The smallest absolute Gasteiger partial charge is 0.141 e. The van der Waals surface area contributed by atoms with Crippen molar-refractivity contribution in [3.8, 4) is 5.75 Å². The number of aliphatic hydroxyl groups is 3. The monoisotopic (exact) mass is 386 g/mol. The summed E-state index contributed by atoms with van der Waals surface area (Å²) in [7, 11) is 0. The maximum absolute atomic E-state index is 10.4. The Labute approximate surface area is 161 Å². The summed E-state index contributed by atoms with van der Waals surface area (Å²) in [5, 5.41) is 37.8. The van der Waals surface area contributed by atoms with E-state index in [1.54, 1.807) is 31.2 Å². The molecule has 0 amide bonds. The van der Waals surface area contributed by atoms with E-state index >= 15 is 0 Å². The molecule has 2 aromatic carbocycles. The van der Waals surface area contributed by atoms with Crippen molar-refractivity contribution in [3.05, 3.63) is 53.6 Å². The molecule has 8 heteroatoms. The summed E-state index contributed by atoms with van der Waals surface area (Å²) in [6.45, 7) is 1.83. The van der Waals surface area contributed by atoms with Crippen LogP contribution in [-0.2, 0) is 11.3 Å². The average Bonchev–Trinajstić information content (AvgIpc) is 3.21. The first-order valence-corrected chi connectivity index (χ1v) is 9.14. The molecular formula is C20H22N2O6. The Hall–Kier alpha value is -2.52. The normalized spacial score (nSPS) is 27.8. The summed E-state index contributed by atoms with van der Waals surface area (Å²) in [5.41, 5.74) is 2.89. The van der Waals surface area contributed by atoms with Gasteiger partial charge in [0.25, 0.3) is 0 Å². The zero-order valence-corrected chi connectivity index (χ0v) is 15.3. The van der Waals surface area contributed by atoms with Gasteiger partial charge in [0, 0.05) is 11.5 Å². The Morgan fingerprint density at radius 3 is 2.57 bits per heavy atom. The summed E-state index contributed by atoms with van der Waals surface area (Å²) in [5.74, 6) is 0.280. The lowest BCUT2D eigenvalue weighted by molar-refractivity contribution is -0.207. The van der Waals surface area contributed by atoms with Crippen molar-refractivity contribution in [2.75, 3.05) is 6.61 Å². The molecular weight excluding hydrogens is 364 g/mol. The first-order chi connectivity index (χ1) is 13.6. The minimum Gasteiger partial charge on any atom is -0.489 e. The Kier molecular flexibility index (Phi) is 5.27. The Morgan fingerprint density at radius 1 is 1.04 bits per heavy atom. The number of hydrogen-bond acceptors (Lipinski definition) is 8. The number of rotatable bonds is 5. The quantitative estimate of drug-likeness (QED) is 0.605. The van der Waals surface area contributed by atoms with Crippen LogP contribution in [0.25, 0.3) is 11.0 Å². The van der Waals surface area contributed by atoms with E-state index in [1.165, 1.54) is 0 Å². The molecule has 0 saturated carbocycles. The fourth-order valence-electron chi connectivity index (χ4n) is 3.48. The van der Waals surface area contributed by atoms with Crippen LogP contribution in [-0.4, -0.2) is 50.6 Å². The van der Waals surface area contributed by atoms with Crippen LogP contribution < -0.4 is 4.74 Å². The minimum atomic E-state index is -1.07. The van der Waals surface area contributed by atoms with Crippen molar-refractivity contribution in [1.82, 2.24) is 10.3 Å². The summed E-state index contributed by atoms with van der Waals surface area (Å²) in [6, 6.07) is 12.7. The Morgan fingerprint density at radius 2 is 1.82 bits per heavy atom. The molecule has 5 unspecified atom stereocenters. The summed E-state index contributed by atoms with van der Waals surface area (Å²) in [4.78, 5) is 0. The first kappa shape index (κ1) is 18.8. The second-order valence-electron chi connectivity index (χ2n) is 7.02. The summed E-state index contributed by atoms with van der Waals surface area (Å²) >= 11 is 0. The maximum Gasteiger partial charge on any atom is 0.141 e. The fourth-order valence-corrected chi connectivity index (χ4v) is 3.48. The molecule has 1 aliphatic rings. The second-order valence-corrected chi connectivity index (χ2v) is 7.02. The number of ether oxygens (including phenoxy) is 2. The van der Waals surface area contributed by atoms with Gasteiger partial charge in [-0.3, -0.25) is 0 Å². The van der Waals surface area contributed by atoms with Crippen molar-refractivity contribution < 1.29 is 29.4 Å². The standard InChI is InChI=1S/C20H22N2O6/c1-11-16(9-23)27-20(19(25)18(11)24)12-5-7-14(8-6-12)26-10-13-3-2-4-15-17(13)22-28-21-15/h2-8,11,16,18-20,23-25H,9-10H2,1H3. The number of aromatic nitrogens is 2. The number of hydrogen-bond donors (Lipinski definition) is 3. The molecule has 2 heterocycles. The van der Waals surface area contributed by atoms with Crippen LogP contribution in [0.5, 0.6) is 5.75 Å². The fraction of sp³-hybridized carbons (Fsp3) is 0.400. The minimum absolute atomic E-state index is 0.217. The zero-order valence-electron chi connectivity index (χ0n) is 15.3. The van der Waals surface area contributed by atoms with Gasteiger partial charge in [-0.25, -0.2) is 4.63 Å². The summed E-state index contributed by atoms with van der Waals surface area (Å²) in [6.07, 6.45) is -3.28. The molecule has 1 saturated heterocycles. The largest absolute Gasteiger partial charge is 0.489 e. The van der Waals surface area contributed by atoms with Crippen LogP contribution in [0.3, 0.4) is 0 Å². The number of benzene rings is 2. The van der Waals surface area contributed by atoms with E-state index in [1.807, 2.05) is 18.2 Å². The highest BCUT2D eigenvalue weighted by Gasteiger charge is 2.42. The van der Waals surface area contributed by atoms with Crippen molar-refractivity contribution in [3.63, 3.8) is 0 Å². The molecule has 148 valence electrons. The van der Waals surface area contributed by atoms with Gasteiger partial charge < -0.3 is 24.8 Å². The molecule has 5 atom stereocenters. The third-order valence-electron chi connectivity index (χ3n) is 5.26. The molecule has 8 nitrogen and oxygen atoms in total. The number of nitrogens with zero attached hydrogens (tertiary/aromatic N) is 2. The van der Waals surface area contributed by atoms with Gasteiger partial charge in [-0.1, -0.05) is 31.2 Å². The van der Waals surface area contributed by atoms with E-state index in [-0.39, 0.29) is 12.5 Å². The highest BCUT2D eigenvalue weighted by atomic mass is 16.6. The van der Waals surface area contributed by atoms with Crippen LogP contribution in [0.15, 0.2) is 47.1 Å². The second kappa shape index (κ2) is 7.84. The molecule has 4 rings (SSSR count). The van der Waals surface area contributed by atoms with E-state index < -0.39 is 24.4 Å². The average molecular weight is 386 g/mol. The van der Waals surface area contributed by atoms with Crippen LogP contribution in [0.2, 0.25) is 0 Å². The zero-order chi connectivity index (χ0) is 19.7. The van der Waals surface area contributed by atoms with E-state index in [9.17, 15) is 15.3 Å². The third-order valence-corrected chi connectivity index (χ3v) is 5.26. The molecule has 1 fully saturated rings. The predicted octanol–water partition coefficient (Wildman–Crippen LogP) is 1.59.